The van der Waals surface area contributed by atoms with Gasteiger partial charge in [-0.2, -0.15) is 5.26 Å². The molecule has 0 saturated carbocycles. The van der Waals surface area contributed by atoms with E-state index in [2.05, 4.69) is 47.3 Å². The molecule has 0 N–H and O–H groups in total. The SMILES string of the molecule is N#Cc1ccc(-c2ccc(OCCCCCCCCCCn3cccc3)cc2)cc1. The third-order valence-electron chi connectivity index (χ3n) is 5.45. The van der Waals surface area contributed by atoms with Gasteiger partial charge in [0.15, 0.2) is 0 Å². The minimum absolute atomic E-state index is 0.687. The van der Waals surface area contributed by atoms with Crippen molar-refractivity contribution in [1.82, 2.24) is 4.57 Å². The van der Waals surface area contributed by atoms with Crippen LogP contribution in [0.1, 0.15) is 56.9 Å². The number of rotatable bonds is 13. The van der Waals surface area contributed by atoms with Crippen molar-refractivity contribution in [2.24, 2.45) is 0 Å². The van der Waals surface area contributed by atoms with Crippen LogP contribution >= 0.6 is 0 Å². The monoisotopic (exact) mass is 400 g/mol. The number of aryl methyl sites for hydroxylation is 1. The van der Waals surface area contributed by atoms with Gasteiger partial charge in [-0.05, 0) is 60.4 Å². The highest BCUT2D eigenvalue weighted by Gasteiger charge is 2.00. The zero-order valence-electron chi connectivity index (χ0n) is 17.8. The second-order valence-corrected chi connectivity index (χ2v) is 7.81. The zero-order valence-corrected chi connectivity index (χ0v) is 17.8. The molecule has 0 aliphatic rings. The molecule has 0 atom stereocenters. The van der Waals surface area contributed by atoms with Crippen molar-refractivity contribution in [3.05, 3.63) is 78.6 Å². The lowest BCUT2D eigenvalue weighted by Gasteiger charge is -2.08. The van der Waals surface area contributed by atoms with Gasteiger partial charge in [-0.25, -0.2) is 0 Å². The van der Waals surface area contributed by atoms with E-state index in [0.29, 0.717) is 5.56 Å². The third kappa shape index (κ3) is 7.44. The normalized spacial score (nSPS) is 10.6. The summed E-state index contributed by atoms with van der Waals surface area (Å²) in [5, 5.41) is 8.89. The summed E-state index contributed by atoms with van der Waals surface area (Å²) in [7, 11) is 0. The molecule has 3 heteroatoms. The van der Waals surface area contributed by atoms with E-state index in [0.717, 1.165) is 36.4 Å². The summed E-state index contributed by atoms with van der Waals surface area (Å²) in [6.45, 7) is 1.94. The molecule has 2 aromatic carbocycles. The van der Waals surface area contributed by atoms with Gasteiger partial charge in [-0.3, -0.25) is 0 Å². The summed E-state index contributed by atoms with van der Waals surface area (Å²) in [6, 6.07) is 22.2. The fourth-order valence-corrected chi connectivity index (χ4v) is 3.65. The molecule has 0 fully saturated rings. The molecular formula is C27H32N2O. The average molecular weight is 401 g/mol. The number of aromatic nitrogens is 1. The number of benzene rings is 2. The molecule has 0 spiro atoms. The van der Waals surface area contributed by atoms with Gasteiger partial charge in [0.2, 0.25) is 0 Å². The predicted octanol–water partition coefficient (Wildman–Crippen LogP) is 7.23. The van der Waals surface area contributed by atoms with Gasteiger partial charge in [-0.15, -0.1) is 0 Å². The zero-order chi connectivity index (χ0) is 20.9. The fraction of sp³-hybridized carbons (Fsp3) is 0.370. The first kappa shape index (κ1) is 21.7. The molecule has 156 valence electrons. The Morgan fingerprint density at radius 2 is 1.20 bits per heavy atom. The Kier molecular flexibility index (Phi) is 9.08. The van der Waals surface area contributed by atoms with Crippen LogP contribution in [0.2, 0.25) is 0 Å². The van der Waals surface area contributed by atoms with Gasteiger partial charge < -0.3 is 9.30 Å². The van der Waals surface area contributed by atoms with Crippen LogP contribution in [0.4, 0.5) is 0 Å². The van der Waals surface area contributed by atoms with E-state index >= 15 is 0 Å². The molecule has 0 saturated heterocycles. The first-order valence-corrected chi connectivity index (χ1v) is 11.2. The Morgan fingerprint density at radius 1 is 0.667 bits per heavy atom. The van der Waals surface area contributed by atoms with Crippen LogP contribution in [-0.4, -0.2) is 11.2 Å². The van der Waals surface area contributed by atoms with E-state index < -0.39 is 0 Å². The first-order valence-electron chi connectivity index (χ1n) is 11.2. The molecule has 0 aliphatic heterocycles. The Hall–Kier alpha value is -2.99. The lowest BCUT2D eigenvalue weighted by Crippen LogP contribution is -1.97. The average Bonchev–Trinajstić information content (AvgIpc) is 3.31. The second-order valence-electron chi connectivity index (χ2n) is 7.81. The van der Waals surface area contributed by atoms with Gasteiger partial charge in [0.25, 0.3) is 0 Å². The number of unbranched alkanes of at least 4 members (excludes halogenated alkanes) is 7. The highest BCUT2D eigenvalue weighted by atomic mass is 16.5. The van der Waals surface area contributed by atoms with Crippen LogP contribution in [0.3, 0.4) is 0 Å². The number of ether oxygens (including phenoxy) is 1. The Labute approximate surface area is 180 Å². The van der Waals surface area contributed by atoms with Crippen LogP contribution in [0.25, 0.3) is 11.1 Å². The summed E-state index contributed by atoms with van der Waals surface area (Å²) < 4.78 is 8.15. The van der Waals surface area contributed by atoms with E-state index in [-0.39, 0.29) is 0 Å². The van der Waals surface area contributed by atoms with Gasteiger partial charge in [0, 0.05) is 18.9 Å². The minimum atomic E-state index is 0.687. The van der Waals surface area contributed by atoms with Crippen molar-refractivity contribution in [2.45, 2.75) is 57.9 Å². The molecule has 3 nitrogen and oxygen atoms in total. The van der Waals surface area contributed by atoms with E-state index in [1.165, 1.54) is 44.9 Å². The molecule has 1 aromatic heterocycles. The van der Waals surface area contributed by atoms with Gasteiger partial charge in [0.05, 0.1) is 18.2 Å². The van der Waals surface area contributed by atoms with E-state index in [1.807, 2.05) is 36.4 Å². The van der Waals surface area contributed by atoms with Crippen LogP contribution in [-0.2, 0) is 6.54 Å². The number of hydrogen-bond acceptors (Lipinski definition) is 2. The second kappa shape index (κ2) is 12.5. The number of nitrogens with zero attached hydrogens (tertiary/aromatic N) is 2. The van der Waals surface area contributed by atoms with Gasteiger partial charge >= 0.3 is 0 Å². The van der Waals surface area contributed by atoms with Crippen molar-refractivity contribution < 1.29 is 4.74 Å². The van der Waals surface area contributed by atoms with Crippen molar-refractivity contribution in [3.63, 3.8) is 0 Å². The van der Waals surface area contributed by atoms with E-state index in [4.69, 9.17) is 10.00 Å². The van der Waals surface area contributed by atoms with Crippen molar-refractivity contribution in [2.75, 3.05) is 6.61 Å². The molecule has 3 aromatic rings. The van der Waals surface area contributed by atoms with Crippen molar-refractivity contribution in [3.8, 4) is 22.9 Å². The van der Waals surface area contributed by atoms with Crippen molar-refractivity contribution >= 4 is 0 Å². The summed E-state index contributed by atoms with van der Waals surface area (Å²) in [4.78, 5) is 0. The summed E-state index contributed by atoms with van der Waals surface area (Å²) in [5.41, 5.74) is 2.94. The molecule has 0 amide bonds. The maximum absolute atomic E-state index is 8.89. The topological polar surface area (TPSA) is 37.9 Å². The van der Waals surface area contributed by atoms with Gasteiger partial charge in [0.1, 0.15) is 5.75 Å². The molecule has 30 heavy (non-hydrogen) atoms. The quantitative estimate of drug-likeness (QED) is 0.284. The Balaban J connectivity index is 1.20. The first-order chi connectivity index (χ1) is 14.8. The van der Waals surface area contributed by atoms with Crippen LogP contribution in [0.5, 0.6) is 5.75 Å². The summed E-state index contributed by atoms with van der Waals surface area (Å²) in [6.07, 6.45) is 14.6. The Bertz CT molecular complexity index is 874. The van der Waals surface area contributed by atoms with Crippen molar-refractivity contribution in [1.29, 1.82) is 5.26 Å². The highest BCUT2D eigenvalue weighted by Crippen LogP contribution is 2.23. The van der Waals surface area contributed by atoms with E-state index in [1.54, 1.807) is 0 Å². The highest BCUT2D eigenvalue weighted by molar-refractivity contribution is 5.64. The maximum Gasteiger partial charge on any atom is 0.119 e. The van der Waals surface area contributed by atoms with Gasteiger partial charge in [-0.1, -0.05) is 62.8 Å². The number of hydrogen-bond donors (Lipinski definition) is 0. The van der Waals surface area contributed by atoms with E-state index in [9.17, 15) is 0 Å². The molecule has 0 bridgehead atoms. The molecule has 0 aliphatic carbocycles. The molecule has 0 radical (unpaired) electrons. The molecular weight excluding hydrogens is 368 g/mol. The minimum Gasteiger partial charge on any atom is -0.494 e. The third-order valence-corrected chi connectivity index (χ3v) is 5.45. The van der Waals surface area contributed by atoms with Crippen LogP contribution in [0.15, 0.2) is 73.1 Å². The predicted molar refractivity (Wildman–Crippen MR) is 123 cm³/mol. The fourth-order valence-electron chi connectivity index (χ4n) is 3.65. The molecule has 3 rings (SSSR count). The lowest BCUT2D eigenvalue weighted by molar-refractivity contribution is 0.304. The Morgan fingerprint density at radius 3 is 1.80 bits per heavy atom. The van der Waals surface area contributed by atoms with Crippen LogP contribution < -0.4 is 4.74 Å². The van der Waals surface area contributed by atoms with Crippen LogP contribution in [0, 0.1) is 11.3 Å². The largest absolute Gasteiger partial charge is 0.494 e. The number of nitriles is 1. The summed E-state index contributed by atoms with van der Waals surface area (Å²) in [5.74, 6) is 0.926. The lowest BCUT2D eigenvalue weighted by atomic mass is 10.0. The maximum atomic E-state index is 8.89. The smallest absolute Gasteiger partial charge is 0.119 e. The molecule has 1 heterocycles. The molecule has 0 unspecified atom stereocenters. The summed E-state index contributed by atoms with van der Waals surface area (Å²) >= 11 is 0. The standard InChI is InChI=1S/C27H32N2O/c28-23-24-11-13-25(14-12-24)26-15-17-27(18-16-26)30-22-10-6-4-2-1-3-5-7-19-29-20-8-9-21-29/h8-9,11-18,20-21H,1-7,10,19,22H2.